The molecule has 0 atom stereocenters. The van der Waals surface area contributed by atoms with Crippen molar-refractivity contribution in [3.63, 3.8) is 0 Å². The van der Waals surface area contributed by atoms with Crippen LogP contribution in [0.15, 0.2) is 23.1 Å². The molecular formula is C18H18N2O6S2. The van der Waals surface area contributed by atoms with Gasteiger partial charge < -0.3 is 0 Å². The monoisotopic (exact) mass is 422 g/mol. The van der Waals surface area contributed by atoms with Crippen LogP contribution in [0.4, 0.5) is 0 Å². The van der Waals surface area contributed by atoms with Crippen LogP contribution in [0.3, 0.4) is 0 Å². The maximum atomic E-state index is 13.1. The largest absolute Gasteiger partial charge is 0.290 e. The molecule has 1 aromatic carbocycles. The first-order chi connectivity index (χ1) is 13.0. The Kier molecular flexibility index (Phi) is 5.00. The van der Waals surface area contributed by atoms with Gasteiger partial charge in [0.2, 0.25) is 25.8 Å². The van der Waals surface area contributed by atoms with Crippen LogP contribution in [0.5, 0.6) is 0 Å². The van der Waals surface area contributed by atoms with Gasteiger partial charge in [0.1, 0.15) is 9.81 Å². The average Bonchev–Trinajstić information content (AvgIpc) is 2.59. The van der Waals surface area contributed by atoms with E-state index in [4.69, 9.17) is 5.14 Å². The van der Waals surface area contributed by atoms with Gasteiger partial charge in [0, 0.05) is 18.3 Å². The van der Waals surface area contributed by atoms with Crippen molar-refractivity contribution >= 4 is 54.7 Å². The van der Waals surface area contributed by atoms with Crippen LogP contribution < -0.4 is 15.6 Å². The zero-order valence-electron chi connectivity index (χ0n) is 15.2. The quantitative estimate of drug-likeness (QED) is 0.651. The molecule has 2 N–H and O–H groups in total. The van der Waals surface area contributed by atoms with Gasteiger partial charge >= 0.3 is 0 Å². The number of hydrogen-bond donors (Lipinski definition) is 1. The van der Waals surface area contributed by atoms with Gasteiger partial charge in [-0.3, -0.25) is 9.59 Å². The summed E-state index contributed by atoms with van der Waals surface area (Å²) in [6, 6.07) is 2.94. The van der Waals surface area contributed by atoms with E-state index in [2.05, 4.69) is 0 Å². The number of allylic oxidation sites excluding steroid dienone is 2. The van der Waals surface area contributed by atoms with Gasteiger partial charge in [-0.25, -0.2) is 22.0 Å². The van der Waals surface area contributed by atoms with Gasteiger partial charge in [0.25, 0.3) is 0 Å². The SMILES string of the molecule is CCN(CC)S(=O)(=O)C1=c2cc3c(cc2C=C(S(N)(=O)=O)C1=O)=CC(=O)C=C3. The first-order valence-electron chi connectivity index (χ1n) is 8.42. The topological polar surface area (TPSA) is 132 Å². The molecular weight excluding hydrogens is 404 g/mol. The Morgan fingerprint density at radius 1 is 0.929 bits per heavy atom. The van der Waals surface area contributed by atoms with Crippen molar-refractivity contribution in [2.45, 2.75) is 13.8 Å². The van der Waals surface area contributed by atoms with Crippen LogP contribution in [-0.4, -0.2) is 45.8 Å². The molecule has 0 spiro atoms. The van der Waals surface area contributed by atoms with Crippen molar-refractivity contribution in [1.82, 2.24) is 4.31 Å². The molecule has 10 heteroatoms. The fourth-order valence-electron chi connectivity index (χ4n) is 3.21. The Morgan fingerprint density at radius 3 is 2.14 bits per heavy atom. The molecule has 0 unspecified atom stereocenters. The Morgan fingerprint density at radius 2 is 1.57 bits per heavy atom. The lowest BCUT2D eigenvalue weighted by Gasteiger charge is -2.23. The minimum absolute atomic E-state index is 0.0791. The molecule has 8 nitrogen and oxygen atoms in total. The molecule has 28 heavy (non-hydrogen) atoms. The highest BCUT2D eigenvalue weighted by atomic mass is 32.2. The number of primary sulfonamides is 1. The Balaban J connectivity index is 2.49. The number of nitrogens with zero attached hydrogens (tertiary/aromatic N) is 1. The number of ketones is 2. The van der Waals surface area contributed by atoms with Crippen molar-refractivity contribution in [1.29, 1.82) is 0 Å². The summed E-state index contributed by atoms with van der Waals surface area (Å²) in [5, 5.41) is 5.72. The second-order valence-electron chi connectivity index (χ2n) is 6.25. The molecule has 0 saturated carbocycles. The van der Waals surface area contributed by atoms with Gasteiger partial charge in [-0.15, -0.1) is 0 Å². The molecule has 0 amide bonds. The van der Waals surface area contributed by atoms with Gasteiger partial charge in [0.05, 0.1) is 0 Å². The molecule has 0 bridgehead atoms. The van der Waals surface area contributed by atoms with E-state index in [1.54, 1.807) is 13.8 Å². The van der Waals surface area contributed by atoms with E-state index in [0.717, 1.165) is 10.4 Å². The summed E-state index contributed by atoms with van der Waals surface area (Å²) in [5.74, 6) is -1.42. The predicted molar refractivity (Wildman–Crippen MR) is 106 cm³/mol. The molecule has 0 aliphatic heterocycles. The van der Waals surface area contributed by atoms with Crippen LogP contribution >= 0.6 is 0 Å². The second-order valence-corrected chi connectivity index (χ2v) is 9.65. The molecule has 3 rings (SSSR count). The Hall–Kier alpha value is -2.40. The number of fused-ring (bicyclic) bond motifs is 2. The van der Waals surface area contributed by atoms with Crippen LogP contribution in [0.1, 0.15) is 25.0 Å². The highest BCUT2D eigenvalue weighted by Gasteiger charge is 2.38. The summed E-state index contributed by atoms with van der Waals surface area (Å²) in [5.41, 5.74) is 0.735. The molecule has 0 aromatic heterocycles. The molecule has 148 valence electrons. The average molecular weight is 422 g/mol. The van der Waals surface area contributed by atoms with Crippen LogP contribution in [-0.2, 0) is 29.6 Å². The van der Waals surface area contributed by atoms with Crippen molar-refractivity contribution in [2.24, 2.45) is 5.14 Å². The maximum Gasteiger partial charge on any atom is 0.247 e. The number of rotatable bonds is 5. The third-order valence-electron chi connectivity index (χ3n) is 4.55. The minimum Gasteiger partial charge on any atom is -0.290 e. The molecule has 0 heterocycles. The zero-order chi connectivity index (χ0) is 20.9. The van der Waals surface area contributed by atoms with E-state index < -0.39 is 35.6 Å². The first kappa shape index (κ1) is 20.3. The summed E-state index contributed by atoms with van der Waals surface area (Å²) in [7, 11) is -8.74. The summed E-state index contributed by atoms with van der Waals surface area (Å²) in [6.45, 7) is 3.43. The van der Waals surface area contributed by atoms with Crippen molar-refractivity contribution < 1.29 is 26.4 Å². The smallest absolute Gasteiger partial charge is 0.247 e. The number of carbonyl (C=O) groups is 2. The van der Waals surface area contributed by atoms with E-state index in [1.807, 2.05) is 0 Å². The van der Waals surface area contributed by atoms with Crippen molar-refractivity contribution in [3.05, 3.63) is 44.7 Å². The summed E-state index contributed by atoms with van der Waals surface area (Å²) < 4.78 is 51.2. The molecule has 0 saturated heterocycles. The van der Waals surface area contributed by atoms with Crippen LogP contribution in [0.25, 0.3) is 23.1 Å². The Bertz CT molecular complexity index is 1300. The minimum atomic E-state index is -4.47. The van der Waals surface area contributed by atoms with Gasteiger partial charge in [-0.1, -0.05) is 19.9 Å². The zero-order valence-corrected chi connectivity index (χ0v) is 16.8. The standard InChI is InChI=1S/C18H18N2O6S2/c1-3-20(4-2)28(25,26)18-15-9-11-5-6-14(21)8-12(11)7-13(15)10-16(17(18)22)27(19,23)24/h5-10H,3-4H2,1-2H3,(H2,19,23,24). The van der Waals surface area contributed by atoms with Crippen LogP contribution in [0.2, 0.25) is 0 Å². The number of sulfonamides is 2. The fraction of sp³-hybridized carbons (Fsp3) is 0.222. The van der Waals surface area contributed by atoms with Gasteiger partial charge in [0.15, 0.2) is 5.78 Å². The lowest BCUT2D eigenvalue weighted by molar-refractivity contribution is -0.110. The van der Waals surface area contributed by atoms with E-state index in [9.17, 15) is 26.4 Å². The summed E-state index contributed by atoms with van der Waals surface area (Å²) >= 11 is 0. The molecule has 0 radical (unpaired) electrons. The molecule has 0 fully saturated rings. The number of carbonyl (C=O) groups excluding carboxylic acids is 2. The number of Topliss-reactive ketones (excluding diaryl/α,β-unsaturated/α-hetero) is 1. The maximum absolute atomic E-state index is 13.1. The number of benzene rings is 1. The lowest BCUT2D eigenvalue weighted by Crippen LogP contribution is -2.40. The highest BCUT2D eigenvalue weighted by Crippen LogP contribution is 2.25. The normalized spacial score (nSPS) is 16.6. The second kappa shape index (κ2) is 6.89. The van der Waals surface area contributed by atoms with E-state index in [0.29, 0.717) is 10.8 Å². The van der Waals surface area contributed by atoms with E-state index in [-0.39, 0.29) is 29.7 Å². The predicted octanol–water partition coefficient (Wildman–Crippen LogP) is -0.945. The summed E-state index contributed by atoms with van der Waals surface area (Å²) in [6.07, 6.45) is 5.23. The van der Waals surface area contributed by atoms with Crippen molar-refractivity contribution in [3.8, 4) is 0 Å². The number of nitrogens with two attached hydrogens (primary N) is 1. The third-order valence-corrected chi connectivity index (χ3v) is 7.58. The Labute approximate surface area is 162 Å². The van der Waals surface area contributed by atoms with Crippen molar-refractivity contribution in [2.75, 3.05) is 13.1 Å². The van der Waals surface area contributed by atoms with E-state index in [1.165, 1.54) is 30.4 Å². The van der Waals surface area contributed by atoms with Gasteiger partial charge in [-0.2, -0.15) is 4.31 Å². The molecule has 2 aliphatic carbocycles. The highest BCUT2D eigenvalue weighted by molar-refractivity contribution is 8.00. The first-order valence-corrected chi connectivity index (χ1v) is 11.4. The van der Waals surface area contributed by atoms with Crippen LogP contribution in [0, 0.1) is 0 Å². The number of hydrogen-bond acceptors (Lipinski definition) is 6. The third kappa shape index (κ3) is 3.28. The molecule has 1 aromatic rings. The summed E-state index contributed by atoms with van der Waals surface area (Å²) in [4.78, 5) is 23.1. The fourth-order valence-corrected chi connectivity index (χ4v) is 5.66. The van der Waals surface area contributed by atoms with E-state index >= 15 is 0 Å². The lowest BCUT2D eigenvalue weighted by atomic mass is 9.97. The van der Waals surface area contributed by atoms with Gasteiger partial charge in [-0.05, 0) is 46.7 Å². The molecule has 2 aliphatic rings.